The molecular weight excluding hydrogens is 344 g/mol. The highest BCUT2D eigenvalue weighted by atomic mass is 15.3. The van der Waals surface area contributed by atoms with Gasteiger partial charge in [0.1, 0.15) is 0 Å². The van der Waals surface area contributed by atoms with Crippen molar-refractivity contribution in [3.63, 3.8) is 0 Å². The predicted molar refractivity (Wildman–Crippen MR) is 113 cm³/mol. The Kier molecular flexibility index (Phi) is 4.37. The summed E-state index contributed by atoms with van der Waals surface area (Å²) in [6.07, 6.45) is 1.82. The van der Waals surface area contributed by atoms with Gasteiger partial charge in [-0.15, -0.1) is 0 Å². The van der Waals surface area contributed by atoms with Crippen LogP contribution in [0, 0.1) is 0 Å². The third kappa shape index (κ3) is 3.29. The fraction of sp³-hybridized carbons (Fsp3) is 0.167. The Morgan fingerprint density at radius 3 is 1.32 bits per heavy atom. The molecule has 2 atom stereocenters. The maximum absolute atomic E-state index is 4.54. The summed E-state index contributed by atoms with van der Waals surface area (Å²) in [7, 11) is 0. The Morgan fingerprint density at radius 1 is 0.536 bits per heavy atom. The Labute approximate surface area is 165 Å². The molecule has 2 aliphatic heterocycles. The van der Waals surface area contributed by atoms with E-state index in [-0.39, 0.29) is 12.1 Å². The lowest BCUT2D eigenvalue weighted by Gasteiger charge is -2.14. The van der Waals surface area contributed by atoms with Gasteiger partial charge >= 0.3 is 0 Å². The van der Waals surface area contributed by atoms with Gasteiger partial charge in [-0.1, -0.05) is 84.9 Å². The first kappa shape index (κ1) is 16.8. The van der Waals surface area contributed by atoms with Crippen LogP contribution in [-0.2, 0) is 0 Å². The topological polar surface area (TPSA) is 48.8 Å². The number of rotatable bonds is 4. The molecule has 3 aromatic carbocycles. The van der Waals surface area contributed by atoms with Crippen LogP contribution in [0.4, 0.5) is 0 Å². The third-order valence-corrected chi connectivity index (χ3v) is 5.46. The highest BCUT2D eigenvalue weighted by Crippen LogP contribution is 2.28. The van der Waals surface area contributed by atoms with E-state index in [0.29, 0.717) is 0 Å². The molecule has 4 heteroatoms. The summed E-state index contributed by atoms with van der Waals surface area (Å²) < 4.78 is 0. The Morgan fingerprint density at radius 2 is 0.929 bits per heavy atom. The van der Waals surface area contributed by atoms with Crippen molar-refractivity contribution < 1.29 is 0 Å². The second-order valence-electron chi connectivity index (χ2n) is 7.29. The van der Waals surface area contributed by atoms with E-state index in [9.17, 15) is 0 Å². The van der Waals surface area contributed by atoms with E-state index in [1.807, 2.05) is 12.1 Å². The SMILES string of the molecule is c1ccc(C2=NNC(c3ccc(C4CC(c5ccccc5)=NN4)cc3)C2)cc1. The maximum Gasteiger partial charge on any atom is 0.0745 e. The van der Waals surface area contributed by atoms with Crippen LogP contribution in [0.25, 0.3) is 0 Å². The second-order valence-corrected chi connectivity index (χ2v) is 7.29. The normalized spacial score (nSPS) is 20.9. The zero-order valence-corrected chi connectivity index (χ0v) is 15.5. The standard InChI is InChI=1S/C24H22N4/c1-3-7-17(8-4-1)21-15-23(27-25-21)19-11-13-20(14-12-19)24-16-22(26-28-24)18-9-5-2-6-10-18/h1-14,23-24,27-28H,15-16H2. The van der Waals surface area contributed by atoms with Crippen molar-refractivity contribution in [2.24, 2.45) is 10.2 Å². The number of hydrazone groups is 2. The number of nitrogens with zero attached hydrogens (tertiary/aromatic N) is 2. The van der Waals surface area contributed by atoms with Crippen LogP contribution in [0.1, 0.15) is 47.2 Å². The highest BCUT2D eigenvalue weighted by molar-refractivity contribution is 6.02. The first-order chi connectivity index (χ1) is 13.9. The summed E-state index contributed by atoms with van der Waals surface area (Å²) in [4.78, 5) is 0. The molecule has 0 saturated carbocycles. The number of hydrogen-bond acceptors (Lipinski definition) is 4. The Balaban J connectivity index is 1.24. The molecule has 2 aliphatic rings. The van der Waals surface area contributed by atoms with Gasteiger partial charge in [0, 0.05) is 12.8 Å². The zero-order valence-electron chi connectivity index (χ0n) is 15.5. The average Bonchev–Trinajstić information content (AvgIpc) is 3.46. The van der Waals surface area contributed by atoms with Crippen molar-refractivity contribution in [3.05, 3.63) is 107 Å². The lowest BCUT2D eigenvalue weighted by atomic mass is 9.95. The van der Waals surface area contributed by atoms with E-state index in [2.05, 4.69) is 93.9 Å². The highest BCUT2D eigenvalue weighted by Gasteiger charge is 2.23. The summed E-state index contributed by atoms with van der Waals surface area (Å²) in [5.74, 6) is 0. The Bertz CT molecular complexity index is 923. The minimum absolute atomic E-state index is 0.233. The molecule has 0 bridgehead atoms. The van der Waals surface area contributed by atoms with E-state index in [0.717, 1.165) is 24.3 Å². The van der Waals surface area contributed by atoms with Gasteiger partial charge in [0.15, 0.2) is 0 Å². The van der Waals surface area contributed by atoms with Gasteiger partial charge in [-0.25, -0.2) is 0 Å². The molecule has 0 saturated heterocycles. The zero-order chi connectivity index (χ0) is 18.8. The van der Waals surface area contributed by atoms with Gasteiger partial charge in [-0.3, -0.25) is 0 Å². The smallest absolute Gasteiger partial charge is 0.0745 e. The monoisotopic (exact) mass is 366 g/mol. The molecule has 4 nitrogen and oxygen atoms in total. The summed E-state index contributed by atoms with van der Waals surface area (Å²) in [6.45, 7) is 0. The molecule has 0 aromatic heterocycles. The quantitative estimate of drug-likeness (QED) is 0.711. The summed E-state index contributed by atoms with van der Waals surface area (Å²) in [5.41, 5.74) is 13.7. The summed E-state index contributed by atoms with van der Waals surface area (Å²) in [5, 5.41) is 9.09. The molecule has 3 aromatic rings. The number of hydrogen-bond donors (Lipinski definition) is 2. The molecule has 28 heavy (non-hydrogen) atoms. The van der Waals surface area contributed by atoms with Gasteiger partial charge < -0.3 is 10.9 Å². The van der Waals surface area contributed by atoms with Crippen LogP contribution in [0.2, 0.25) is 0 Å². The van der Waals surface area contributed by atoms with E-state index >= 15 is 0 Å². The molecule has 2 heterocycles. The molecule has 138 valence electrons. The molecule has 0 aliphatic carbocycles. The fourth-order valence-electron chi connectivity index (χ4n) is 3.85. The first-order valence-corrected chi connectivity index (χ1v) is 9.72. The van der Waals surface area contributed by atoms with Gasteiger partial charge in [0.2, 0.25) is 0 Å². The van der Waals surface area contributed by atoms with Crippen LogP contribution in [0.3, 0.4) is 0 Å². The third-order valence-electron chi connectivity index (χ3n) is 5.46. The molecule has 0 fully saturated rings. The predicted octanol–water partition coefficient (Wildman–Crippen LogP) is 4.56. The fourth-order valence-corrected chi connectivity index (χ4v) is 3.85. The molecule has 0 spiro atoms. The minimum atomic E-state index is 0.233. The average molecular weight is 366 g/mol. The second kappa shape index (κ2) is 7.31. The van der Waals surface area contributed by atoms with Crippen LogP contribution in [0.15, 0.2) is 95.1 Å². The lowest BCUT2D eigenvalue weighted by molar-refractivity contribution is 0.610. The van der Waals surface area contributed by atoms with E-state index in [1.165, 1.54) is 22.3 Å². The van der Waals surface area contributed by atoms with Crippen LogP contribution in [0.5, 0.6) is 0 Å². The van der Waals surface area contributed by atoms with Gasteiger partial charge in [-0.2, -0.15) is 10.2 Å². The van der Waals surface area contributed by atoms with Crippen LogP contribution in [-0.4, -0.2) is 11.4 Å². The van der Waals surface area contributed by atoms with Crippen molar-refractivity contribution in [1.29, 1.82) is 0 Å². The van der Waals surface area contributed by atoms with Crippen molar-refractivity contribution in [3.8, 4) is 0 Å². The molecule has 0 amide bonds. The Hall–Kier alpha value is -3.40. The lowest BCUT2D eigenvalue weighted by Crippen LogP contribution is -2.12. The van der Waals surface area contributed by atoms with Crippen molar-refractivity contribution in [1.82, 2.24) is 10.9 Å². The van der Waals surface area contributed by atoms with Gasteiger partial charge in [0.25, 0.3) is 0 Å². The van der Waals surface area contributed by atoms with Crippen molar-refractivity contribution >= 4 is 11.4 Å². The van der Waals surface area contributed by atoms with Crippen LogP contribution < -0.4 is 10.9 Å². The van der Waals surface area contributed by atoms with Crippen molar-refractivity contribution in [2.45, 2.75) is 24.9 Å². The molecule has 2 N–H and O–H groups in total. The van der Waals surface area contributed by atoms with E-state index in [1.54, 1.807) is 0 Å². The van der Waals surface area contributed by atoms with Gasteiger partial charge in [-0.05, 0) is 22.3 Å². The molecule has 2 unspecified atom stereocenters. The molecular formula is C24H22N4. The number of nitrogens with one attached hydrogen (secondary N) is 2. The van der Waals surface area contributed by atoms with Crippen LogP contribution >= 0.6 is 0 Å². The minimum Gasteiger partial charge on any atom is -0.302 e. The van der Waals surface area contributed by atoms with Crippen molar-refractivity contribution in [2.75, 3.05) is 0 Å². The summed E-state index contributed by atoms with van der Waals surface area (Å²) >= 11 is 0. The van der Waals surface area contributed by atoms with Gasteiger partial charge in [0.05, 0.1) is 23.5 Å². The maximum atomic E-state index is 4.54. The van der Waals surface area contributed by atoms with E-state index in [4.69, 9.17) is 0 Å². The molecule has 5 rings (SSSR count). The molecule has 0 radical (unpaired) electrons. The largest absolute Gasteiger partial charge is 0.302 e. The first-order valence-electron chi connectivity index (χ1n) is 9.72. The van der Waals surface area contributed by atoms with E-state index < -0.39 is 0 Å². The number of benzene rings is 3. The summed E-state index contributed by atoms with van der Waals surface area (Å²) in [6, 6.07) is 30.0.